The third-order valence-electron chi connectivity index (χ3n) is 3.47. The predicted molar refractivity (Wildman–Crippen MR) is 73.3 cm³/mol. The van der Waals surface area contributed by atoms with Crippen LogP contribution in [0.15, 0.2) is 54.8 Å². The summed E-state index contributed by atoms with van der Waals surface area (Å²) in [5.41, 5.74) is 2.53. The first kappa shape index (κ1) is 11.1. The van der Waals surface area contributed by atoms with E-state index in [0.29, 0.717) is 6.42 Å². The molecule has 2 aromatic carbocycles. The second-order valence-corrected chi connectivity index (χ2v) is 4.51. The summed E-state index contributed by atoms with van der Waals surface area (Å²) in [6.45, 7) is 3.71. The summed E-state index contributed by atoms with van der Waals surface area (Å²) in [6, 6.07) is 11.7. The molecule has 1 aliphatic carbocycles. The smallest absolute Gasteiger partial charge is 0.137 e. The Balaban J connectivity index is 2.41. The molecule has 0 bridgehead atoms. The minimum atomic E-state index is -0.932. The molecule has 0 heterocycles. The van der Waals surface area contributed by atoms with Crippen LogP contribution in [0.5, 0.6) is 0 Å². The fraction of sp³-hybridized carbons (Fsp3) is 0.125. The van der Waals surface area contributed by atoms with Crippen molar-refractivity contribution in [2.45, 2.75) is 12.5 Å². The van der Waals surface area contributed by atoms with E-state index in [1.54, 1.807) is 6.08 Å². The Labute approximate surface area is 106 Å². The zero-order valence-electron chi connectivity index (χ0n) is 9.93. The Hall–Kier alpha value is -2.06. The van der Waals surface area contributed by atoms with Crippen molar-refractivity contribution in [2.24, 2.45) is 0 Å². The van der Waals surface area contributed by atoms with Crippen molar-refractivity contribution in [3.05, 3.63) is 65.9 Å². The standard InChI is InChI=1S/C16H14O2/c1-2-5-12-11-8-3-6-10-7-4-9-13(14(10)11)16(18)15(12)17/h2-4,6-9,16-18H,1,5H2. The Morgan fingerprint density at radius 2 is 1.89 bits per heavy atom. The van der Waals surface area contributed by atoms with Gasteiger partial charge >= 0.3 is 0 Å². The molecule has 0 fully saturated rings. The van der Waals surface area contributed by atoms with Gasteiger partial charge in [-0.3, -0.25) is 0 Å². The fourth-order valence-corrected chi connectivity index (χ4v) is 2.66. The van der Waals surface area contributed by atoms with Crippen LogP contribution in [0.1, 0.15) is 23.7 Å². The van der Waals surface area contributed by atoms with Crippen molar-refractivity contribution >= 4 is 16.3 Å². The Kier molecular flexibility index (Phi) is 2.46. The van der Waals surface area contributed by atoms with Gasteiger partial charge in [-0.25, -0.2) is 0 Å². The van der Waals surface area contributed by atoms with Gasteiger partial charge in [0.25, 0.3) is 0 Å². The topological polar surface area (TPSA) is 40.5 Å². The van der Waals surface area contributed by atoms with E-state index >= 15 is 0 Å². The first-order chi connectivity index (χ1) is 8.74. The SMILES string of the molecule is C=CCC1=C(O)C(O)c2cccc3cccc1c23. The van der Waals surface area contributed by atoms with E-state index in [4.69, 9.17) is 0 Å². The highest BCUT2D eigenvalue weighted by atomic mass is 16.3. The summed E-state index contributed by atoms with van der Waals surface area (Å²) in [6.07, 6.45) is 1.36. The molecule has 0 saturated carbocycles. The van der Waals surface area contributed by atoms with Gasteiger partial charge < -0.3 is 10.2 Å². The highest BCUT2D eigenvalue weighted by molar-refractivity contribution is 5.99. The van der Waals surface area contributed by atoms with E-state index < -0.39 is 6.10 Å². The molecule has 3 rings (SSSR count). The number of aliphatic hydroxyl groups is 2. The molecule has 90 valence electrons. The molecule has 0 aliphatic heterocycles. The summed E-state index contributed by atoms with van der Waals surface area (Å²) >= 11 is 0. The van der Waals surface area contributed by atoms with Crippen LogP contribution in [-0.4, -0.2) is 10.2 Å². The Bertz CT molecular complexity index is 663. The normalized spacial score (nSPS) is 18.2. The molecular weight excluding hydrogens is 224 g/mol. The molecule has 0 radical (unpaired) electrons. The van der Waals surface area contributed by atoms with Gasteiger partial charge in [-0.2, -0.15) is 0 Å². The molecule has 0 spiro atoms. The second-order valence-electron chi connectivity index (χ2n) is 4.51. The molecule has 2 aromatic rings. The van der Waals surface area contributed by atoms with E-state index in [2.05, 4.69) is 6.58 Å². The summed E-state index contributed by atoms with van der Waals surface area (Å²) in [7, 11) is 0. The lowest BCUT2D eigenvalue weighted by molar-refractivity contribution is 0.156. The third-order valence-corrected chi connectivity index (χ3v) is 3.47. The number of benzene rings is 2. The molecule has 1 unspecified atom stereocenters. The molecule has 0 saturated heterocycles. The quantitative estimate of drug-likeness (QED) is 0.782. The zero-order chi connectivity index (χ0) is 12.7. The lowest BCUT2D eigenvalue weighted by Crippen LogP contribution is -2.10. The number of hydrogen-bond donors (Lipinski definition) is 2. The lowest BCUT2D eigenvalue weighted by atomic mass is 9.84. The fourth-order valence-electron chi connectivity index (χ4n) is 2.66. The van der Waals surface area contributed by atoms with Crippen LogP contribution in [0.2, 0.25) is 0 Å². The van der Waals surface area contributed by atoms with Crippen LogP contribution in [0, 0.1) is 0 Å². The molecule has 1 atom stereocenters. The van der Waals surface area contributed by atoms with E-state index in [9.17, 15) is 10.2 Å². The zero-order valence-corrected chi connectivity index (χ0v) is 9.93. The van der Waals surface area contributed by atoms with Crippen molar-refractivity contribution in [1.82, 2.24) is 0 Å². The van der Waals surface area contributed by atoms with Gasteiger partial charge in [0.2, 0.25) is 0 Å². The van der Waals surface area contributed by atoms with Crippen LogP contribution >= 0.6 is 0 Å². The molecular formula is C16H14O2. The number of allylic oxidation sites excluding steroid dienone is 2. The van der Waals surface area contributed by atoms with Gasteiger partial charge in [-0.05, 0) is 28.3 Å². The first-order valence-electron chi connectivity index (χ1n) is 5.97. The molecule has 2 nitrogen and oxygen atoms in total. The number of hydrogen-bond acceptors (Lipinski definition) is 2. The van der Waals surface area contributed by atoms with Crippen LogP contribution in [-0.2, 0) is 0 Å². The Morgan fingerprint density at radius 3 is 2.61 bits per heavy atom. The highest BCUT2D eigenvalue weighted by Crippen LogP contribution is 2.41. The molecule has 2 N–H and O–H groups in total. The van der Waals surface area contributed by atoms with Gasteiger partial charge in [-0.1, -0.05) is 42.5 Å². The predicted octanol–water partition coefficient (Wildman–Crippen LogP) is 3.73. The second kappa shape index (κ2) is 4.00. The average Bonchev–Trinajstić information content (AvgIpc) is 2.41. The first-order valence-corrected chi connectivity index (χ1v) is 5.97. The van der Waals surface area contributed by atoms with Crippen molar-refractivity contribution in [2.75, 3.05) is 0 Å². The monoisotopic (exact) mass is 238 g/mol. The van der Waals surface area contributed by atoms with Crippen molar-refractivity contribution in [1.29, 1.82) is 0 Å². The largest absolute Gasteiger partial charge is 0.509 e. The lowest BCUT2D eigenvalue weighted by Gasteiger charge is -2.24. The average molecular weight is 238 g/mol. The van der Waals surface area contributed by atoms with E-state index in [0.717, 1.165) is 27.5 Å². The van der Waals surface area contributed by atoms with Crippen molar-refractivity contribution in [3.63, 3.8) is 0 Å². The third kappa shape index (κ3) is 1.39. The van der Waals surface area contributed by atoms with Gasteiger partial charge in [0.05, 0.1) is 0 Å². The molecule has 0 aromatic heterocycles. The summed E-state index contributed by atoms with van der Waals surface area (Å²) in [5, 5.41) is 22.5. The number of aliphatic hydroxyl groups excluding tert-OH is 2. The van der Waals surface area contributed by atoms with E-state index in [-0.39, 0.29) is 5.76 Å². The van der Waals surface area contributed by atoms with Crippen LogP contribution in [0.3, 0.4) is 0 Å². The van der Waals surface area contributed by atoms with Crippen LogP contribution in [0.4, 0.5) is 0 Å². The van der Waals surface area contributed by atoms with Gasteiger partial charge in [0, 0.05) is 5.57 Å². The van der Waals surface area contributed by atoms with Gasteiger partial charge in [0.1, 0.15) is 11.9 Å². The molecule has 1 aliphatic rings. The molecule has 2 heteroatoms. The van der Waals surface area contributed by atoms with E-state index in [1.165, 1.54) is 0 Å². The summed E-state index contributed by atoms with van der Waals surface area (Å²) < 4.78 is 0. The van der Waals surface area contributed by atoms with Gasteiger partial charge in [0.15, 0.2) is 0 Å². The highest BCUT2D eigenvalue weighted by Gasteiger charge is 2.26. The molecule has 0 amide bonds. The van der Waals surface area contributed by atoms with Crippen LogP contribution in [0.25, 0.3) is 16.3 Å². The summed E-state index contributed by atoms with van der Waals surface area (Å²) in [4.78, 5) is 0. The van der Waals surface area contributed by atoms with Crippen LogP contribution < -0.4 is 0 Å². The van der Waals surface area contributed by atoms with Crippen molar-refractivity contribution in [3.8, 4) is 0 Å². The maximum Gasteiger partial charge on any atom is 0.137 e. The molecule has 18 heavy (non-hydrogen) atoms. The minimum absolute atomic E-state index is 0.0427. The maximum atomic E-state index is 10.2. The summed E-state index contributed by atoms with van der Waals surface area (Å²) in [5.74, 6) is 0.0427. The van der Waals surface area contributed by atoms with Crippen molar-refractivity contribution < 1.29 is 10.2 Å². The maximum absolute atomic E-state index is 10.2. The number of rotatable bonds is 2. The van der Waals surface area contributed by atoms with Gasteiger partial charge in [-0.15, -0.1) is 6.58 Å². The van der Waals surface area contributed by atoms with E-state index in [1.807, 2.05) is 36.4 Å². The Morgan fingerprint density at radius 1 is 1.17 bits per heavy atom. The minimum Gasteiger partial charge on any atom is -0.509 e.